The third-order valence-electron chi connectivity index (χ3n) is 10.2. The Hall–Kier alpha value is -3.72. The van der Waals surface area contributed by atoms with E-state index in [4.69, 9.17) is 20.0 Å². The first-order valence-electron chi connectivity index (χ1n) is 15.1. The molecule has 0 aliphatic carbocycles. The number of benzene rings is 2. The summed E-state index contributed by atoms with van der Waals surface area (Å²) in [7, 11) is -8.01. The predicted molar refractivity (Wildman–Crippen MR) is 156 cm³/mol. The fourth-order valence-electron chi connectivity index (χ4n) is 8.12. The smallest absolute Gasteiger partial charge is 0.370 e. The summed E-state index contributed by atoms with van der Waals surface area (Å²) in [5, 5.41) is 15.7. The van der Waals surface area contributed by atoms with Gasteiger partial charge in [0.25, 0.3) is 0 Å². The van der Waals surface area contributed by atoms with Crippen molar-refractivity contribution in [3.8, 4) is 12.1 Å². The Bertz CT molecular complexity index is 1980. The largest absolute Gasteiger partial charge is 0.417 e. The van der Waals surface area contributed by atoms with Gasteiger partial charge in [-0.05, 0) is 36.4 Å². The number of rotatable bonds is 2. The average molecular weight is 753 g/mol. The molecule has 2 aromatic carbocycles. The lowest BCUT2D eigenvalue weighted by Crippen LogP contribution is -2.41. The van der Waals surface area contributed by atoms with E-state index in [9.17, 15) is 52.0 Å². The van der Waals surface area contributed by atoms with Crippen molar-refractivity contribution < 1.29 is 61.4 Å². The van der Waals surface area contributed by atoms with Gasteiger partial charge in [0.05, 0.1) is 64.1 Å². The molecule has 6 aliphatic heterocycles. The highest BCUT2D eigenvalue weighted by atomic mass is 32.2. The first-order valence-corrected chi connectivity index (χ1v) is 18.1. The van der Waals surface area contributed by atoms with E-state index < -0.39 is 114 Å². The van der Waals surface area contributed by atoms with Gasteiger partial charge in [-0.1, -0.05) is 0 Å². The molecular formula is C30H24F8N4O6S2. The van der Waals surface area contributed by atoms with E-state index in [2.05, 4.69) is 0 Å². The third-order valence-corrected chi connectivity index (χ3v) is 14.8. The highest BCUT2D eigenvalue weighted by Gasteiger charge is 2.66. The van der Waals surface area contributed by atoms with Gasteiger partial charge in [0.15, 0.2) is 0 Å². The molecule has 10 nitrogen and oxygen atoms in total. The second kappa shape index (κ2) is 11.4. The number of fused-ring (bicyclic) bond motifs is 10. The lowest BCUT2D eigenvalue weighted by Gasteiger charge is -2.23. The van der Waals surface area contributed by atoms with E-state index in [0.29, 0.717) is 12.1 Å². The van der Waals surface area contributed by atoms with Gasteiger partial charge < -0.3 is 9.47 Å². The summed E-state index contributed by atoms with van der Waals surface area (Å²) in [6.45, 7) is -0.179. The molecule has 4 bridgehead atoms. The zero-order valence-corrected chi connectivity index (χ0v) is 26.8. The maximum Gasteiger partial charge on any atom is 0.417 e. The van der Waals surface area contributed by atoms with Gasteiger partial charge in [0, 0.05) is 37.8 Å². The Morgan fingerprint density at radius 2 is 1.10 bits per heavy atom. The highest BCUT2D eigenvalue weighted by molar-refractivity contribution is 7.94. The topological polar surface area (TPSA) is 141 Å². The molecule has 0 unspecified atom stereocenters. The van der Waals surface area contributed by atoms with Crippen molar-refractivity contribution in [1.82, 2.24) is 0 Å². The van der Waals surface area contributed by atoms with Crippen molar-refractivity contribution >= 4 is 31.4 Å². The van der Waals surface area contributed by atoms with Crippen LogP contribution in [0.2, 0.25) is 0 Å². The molecule has 8 rings (SSSR count). The van der Waals surface area contributed by atoms with Crippen molar-refractivity contribution in [1.29, 1.82) is 10.5 Å². The van der Waals surface area contributed by atoms with Gasteiger partial charge in [0.1, 0.15) is 28.9 Å². The van der Waals surface area contributed by atoms with E-state index >= 15 is 0 Å². The van der Waals surface area contributed by atoms with E-state index in [1.165, 1.54) is 24.3 Å². The molecule has 10 atom stereocenters. The minimum Gasteiger partial charge on any atom is -0.370 e. The number of nitriles is 2. The molecule has 6 aliphatic rings. The number of halogens is 8. The van der Waals surface area contributed by atoms with E-state index in [-0.39, 0.29) is 37.3 Å². The van der Waals surface area contributed by atoms with Gasteiger partial charge in [0.2, 0.25) is 20.0 Å². The van der Waals surface area contributed by atoms with Crippen LogP contribution in [0.25, 0.3) is 0 Å². The van der Waals surface area contributed by atoms with Crippen LogP contribution in [0.15, 0.2) is 36.4 Å². The maximum atomic E-state index is 13.9. The Morgan fingerprint density at radius 1 is 0.660 bits per heavy atom. The van der Waals surface area contributed by atoms with Crippen LogP contribution in [0.4, 0.5) is 46.5 Å². The second-order valence-corrected chi connectivity index (χ2v) is 16.9. The van der Waals surface area contributed by atoms with Gasteiger partial charge in [-0.3, -0.25) is 8.61 Å². The molecule has 6 saturated heterocycles. The quantitative estimate of drug-likeness (QED) is 0.411. The standard InChI is InChI=1S/2C15H12F4N2O3S/c16-11-4-12-14-9(13(11)24-12)6-21(25(14,22)23)8-2-1-7(5-20)10(3-8)15(17,18)19;16-11-4-12-9-6-21(25(22,23)14(9)13(11)24-12)8-2-1-7(5-20)10(3-8)15(17,18)19/h2*1-3,9,11-14H,4,6H2/t9-,11+,12+,13+,14-;9-,11-,12-,13+,14-/m11/s1. The second-order valence-electron chi connectivity index (χ2n) is 12.9. The number of hydrogen-bond acceptors (Lipinski definition) is 8. The molecule has 0 saturated carbocycles. The van der Waals surface area contributed by atoms with E-state index in [0.717, 1.165) is 20.7 Å². The molecule has 0 N–H and O–H groups in total. The Kier molecular flexibility index (Phi) is 7.91. The molecule has 0 radical (unpaired) electrons. The van der Waals surface area contributed by atoms with Crippen molar-refractivity contribution in [3.63, 3.8) is 0 Å². The molecule has 0 spiro atoms. The van der Waals surface area contributed by atoms with Gasteiger partial charge >= 0.3 is 12.4 Å². The number of alkyl halides is 8. The average Bonchev–Trinajstić information content (AvgIpc) is 3.86. The summed E-state index contributed by atoms with van der Waals surface area (Å²) < 4.78 is 170. The van der Waals surface area contributed by atoms with Crippen LogP contribution in [0.1, 0.15) is 35.1 Å². The first kappa shape index (κ1) is 34.7. The molecule has 6 heterocycles. The van der Waals surface area contributed by atoms with Crippen LogP contribution < -0.4 is 8.61 Å². The Balaban J connectivity index is 0.000000157. The van der Waals surface area contributed by atoms with Crippen LogP contribution in [-0.2, 0) is 41.9 Å². The SMILES string of the molecule is N#Cc1ccc(N2C[C@@H]3[C@@H]4O[C@@H](C[C@@H]4F)[C@@H]3S2(=O)=O)cc1C(F)(F)F.N#Cc1ccc(N2C[C@H]3[C@H]([C@H]4O[C@@H]3C[C@H]4F)S2(=O)=O)cc1C(F)(F)F. The molecule has 6 fully saturated rings. The minimum atomic E-state index is -4.79. The predicted octanol–water partition coefficient (Wildman–Crippen LogP) is 4.44. The highest BCUT2D eigenvalue weighted by Crippen LogP contribution is 2.52. The zero-order valence-electron chi connectivity index (χ0n) is 25.1. The number of sulfonamides is 2. The summed E-state index contributed by atoms with van der Waals surface area (Å²) in [6.07, 6.45) is -15.3. The lowest BCUT2D eigenvalue weighted by atomic mass is 9.87. The lowest BCUT2D eigenvalue weighted by molar-refractivity contribution is -0.138. The summed E-state index contributed by atoms with van der Waals surface area (Å²) >= 11 is 0. The van der Waals surface area contributed by atoms with Crippen molar-refractivity contribution in [2.45, 2.75) is 72.5 Å². The molecule has 20 heteroatoms. The fourth-order valence-corrected chi connectivity index (χ4v) is 12.8. The first-order chi connectivity index (χ1) is 23.3. The maximum absolute atomic E-state index is 13.9. The van der Waals surface area contributed by atoms with Crippen LogP contribution in [-0.4, -0.2) is 77.2 Å². The molecule has 2 aromatic rings. The third kappa shape index (κ3) is 5.20. The van der Waals surface area contributed by atoms with Crippen molar-refractivity contribution in [3.05, 3.63) is 58.7 Å². The number of ether oxygens (including phenoxy) is 2. The van der Waals surface area contributed by atoms with E-state index in [1.807, 2.05) is 0 Å². The number of hydrogen-bond donors (Lipinski definition) is 0. The molecule has 268 valence electrons. The van der Waals surface area contributed by atoms with Gasteiger partial charge in [-0.25, -0.2) is 25.6 Å². The zero-order chi connectivity index (χ0) is 36.3. The van der Waals surface area contributed by atoms with Gasteiger partial charge in [-0.15, -0.1) is 0 Å². The Morgan fingerprint density at radius 3 is 1.60 bits per heavy atom. The Labute approximate surface area is 279 Å². The normalized spacial score (nSPS) is 35.6. The summed E-state index contributed by atoms with van der Waals surface area (Å²) in [6, 6.07) is 8.46. The van der Waals surface area contributed by atoms with Crippen molar-refractivity contribution in [2.75, 3.05) is 21.7 Å². The monoisotopic (exact) mass is 752 g/mol. The van der Waals surface area contributed by atoms with E-state index in [1.54, 1.807) is 0 Å². The number of nitrogens with zero attached hydrogens (tertiary/aromatic N) is 4. The molecular weight excluding hydrogens is 728 g/mol. The summed E-state index contributed by atoms with van der Waals surface area (Å²) in [5.41, 5.74) is -3.89. The number of anilines is 2. The fraction of sp³-hybridized carbons (Fsp3) is 0.533. The van der Waals surface area contributed by atoms with Crippen LogP contribution in [0.5, 0.6) is 0 Å². The summed E-state index contributed by atoms with van der Waals surface area (Å²) in [5.74, 6) is -1.07. The van der Waals surface area contributed by atoms with Crippen LogP contribution in [0.3, 0.4) is 0 Å². The van der Waals surface area contributed by atoms with Gasteiger partial charge in [-0.2, -0.15) is 36.9 Å². The van der Waals surface area contributed by atoms with Crippen LogP contribution >= 0.6 is 0 Å². The molecule has 0 amide bonds. The molecule has 50 heavy (non-hydrogen) atoms. The molecule has 0 aromatic heterocycles. The summed E-state index contributed by atoms with van der Waals surface area (Å²) in [4.78, 5) is 0. The van der Waals surface area contributed by atoms with Crippen LogP contribution in [0, 0.1) is 34.5 Å². The van der Waals surface area contributed by atoms with Crippen molar-refractivity contribution in [2.24, 2.45) is 11.8 Å². The minimum absolute atomic E-state index is 0.0138.